The van der Waals surface area contributed by atoms with Crippen LogP contribution in [0.3, 0.4) is 0 Å². The van der Waals surface area contributed by atoms with Gasteiger partial charge in [0.05, 0.1) is 6.42 Å². The molecule has 1 aliphatic carbocycles. The van der Waals surface area contributed by atoms with E-state index in [1.165, 1.54) is 12.1 Å². The van der Waals surface area contributed by atoms with E-state index >= 15 is 0 Å². The average molecular weight is 222 g/mol. The van der Waals surface area contributed by atoms with E-state index in [1.807, 2.05) is 6.92 Å². The Kier molecular flexibility index (Phi) is 2.95. The van der Waals surface area contributed by atoms with Gasteiger partial charge in [0.2, 0.25) is 0 Å². The van der Waals surface area contributed by atoms with Crippen molar-refractivity contribution in [3.8, 4) is 0 Å². The summed E-state index contributed by atoms with van der Waals surface area (Å²) in [5.74, 6) is -0.679. The van der Waals surface area contributed by atoms with Crippen molar-refractivity contribution in [1.29, 1.82) is 0 Å². The SMILES string of the molecule is Cc1ccc(F)cc1C(CC(=O)O)C1CC1. The summed E-state index contributed by atoms with van der Waals surface area (Å²) in [4.78, 5) is 10.8. The lowest BCUT2D eigenvalue weighted by atomic mass is 9.88. The molecule has 1 fully saturated rings. The molecule has 1 aromatic rings. The van der Waals surface area contributed by atoms with Crippen LogP contribution in [0.1, 0.15) is 36.3 Å². The smallest absolute Gasteiger partial charge is 0.303 e. The third-order valence-corrected chi connectivity index (χ3v) is 3.23. The molecule has 1 N–H and O–H groups in total. The lowest BCUT2D eigenvalue weighted by molar-refractivity contribution is -0.137. The summed E-state index contributed by atoms with van der Waals surface area (Å²) in [5, 5.41) is 8.89. The quantitative estimate of drug-likeness (QED) is 0.849. The first-order valence-electron chi connectivity index (χ1n) is 5.56. The Balaban J connectivity index is 2.30. The number of hydrogen-bond donors (Lipinski definition) is 1. The summed E-state index contributed by atoms with van der Waals surface area (Å²) in [7, 11) is 0. The predicted octanol–water partition coefficient (Wildman–Crippen LogP) is 3.10. The first kappa shape index (κ1) is 11.1. The fourth-order valence-corrected chi connectivity index (χ4v) is 2.23. The number of carboxylic acids is 1. The summed E-state index contributed by atoms with van der Waals surface area (Å²) in [6.07, 6.45) is 2.23. The number of carbonyl (C=O) groups is 1. The molecule has 3 heteroatoms. The summed E-state index contributed by atoms with van der Waals surface area (Å²) in [6.45, 7) is 1.91. The van der Waals surface area contributed by atoms with E-state index in [1.54, 1.807) is 6.07 Å². The minimum absolute atomic E-state index is 0.0202. The Morgan fingerprint density at radius 1 is 1.56 bits per heavy atom. The molecule has 1 saturated carbocycles. The lowest BCUT2D eigenvalue weighted by Gasteiger charge is -2.17. The molecule has 0 amide bonds. The molecule has 0 bridgehead atoms. The van der Waals surface area contributed by atoms with E-state index in [0.717, 1.165) is 24.0 Å². The monoisotopic (exact) mass is 222 g/mol. The van der Waals surface area contributed by atoms with Gasteiger partial charge in [-0.05, 0) is 54.9 Å². The average Bonchev–Trinajstić information content (AvgIpc) is 3.02. The maximum absolute atomic E-state index is 13.2. The van der Waals surface area contributed by atoms with Crippen LogP contribution in [0.15, 0.2) is 18.2 Å². The van der Waals surface area contributed by atoms with E-state index < -0.39 is 5.97 Å². The van der Waals surface area contributed by atoms with Crippen molar-refractivity contribution in [2.45, 2.75) is 32.1 Å². The fraction of sp³-hybridized carbons (Fsp3) is 0.462. The van der Waals surface area contributed by atoms with Gasteiger partial charge in [-0.3, -0.25) is 4.79 Å². The van der Waals surface area contributed by atoms with Crippen LogP contribution >= 0.6 is 0 Å². The Labute approximate surface area is 94.1 Å². The van der Waals surface area contributed by atoms with Crippen LogP contribution < -0.4 is 0 Å². The lowest BCUT2D eigenvalue weighted by Crippen LogP contribution is -2.10. The molecule has 0 heterocycles. The van der Waals surface area contributed by atoms with Gasteiger partial charge in [0, 0.05) is 0 Å². The zero-order valence-electron chi connectivity index (χ0n) is 9.24. The highest BCUT2D eigenvalue weighted by atomic mass is 19.1. The molecule has 2 nitrogen and oxygen atoms in total. The van der Waals surface area contributed by atoms with Crippen LogP contribution in [0, 0.1) is 18.7 Å². The van der Waals surface area contributed by atoms with Crippen molar-refractivity contribution < 1.29 is 14.3 Å². The van der Waals surface area contributed by atoms with E-state index in [4.69, 9.17) is 5.11 Å². The van der Waals surface area contributed by atoms with Crippen LogP contribution in [-0.2, 0) is 4.79 Å². The molecule has 0 spiro atoms. The topological polar surface area (TPSA) is 37.3 Å². The second-order valence-electron chi connectivity index (χ2n) is 4.54. The van der Waals surface area contributed by atoms with Crippen LogP contribution in [0.5, 0.6) is 0 Å². The first-order valence-corrected chi connectivity index (χ1v) is 5.56. The largest absolute Gasteiger partial charge is 0.481 e. The van der Waals surface area contributed by atoms with E-state index in [2.05, 4.69) is 0 Å². The van der Waals surface area contributed by atoms with Crippen LogP contribution in [-0.4, -0.2) is 11.1 Å². The Bertz CT molecular complexity index is 410. The van der Waals surface area contributed by atoms with Crippen LogP contribution in [0.2, 0.25) is 0 Å². The van der Waals surface area contributed by atoms with Crippen molar-refractivity contribution in [3.05, 3.63) is 35.1 Å². The van der Waals surface area contributed by atoms with Crippen LogP contribution in [0.4, 0.5) is 4.39 Å². The molecule has 1 aliphatic rings. The van der Waals surface area contributed by atoms with Crippen molar-refractivity contribution in [2.24, 2.45) is 5.92 Å². The minimum Gasteiger partial charge on any atom is -0.481 e. The molecule has 0 saturated heterocycles. The number of hydrogen-bond acceptors (Lipinski definition) is 1. The maximum atomic E-state index is 13.2. The number of aliphatic carboxylic acids is 1. The third-order valence-electron chi connectivity index (χ3n) is 3.23. The van der Waals surface area contributed by atoms with Gasteiger partial charge in [0.15, 0.2) is 0 Å². The molecule has 16 heavy (non-hydrogen) atoms. The van der Waals surface area contributed by atoms with Crippen molar-refractivity contribution in [1.82, 2.24) is 0 Å². The van der Waals surface area contributed by atoms with Crippen LogP contribution in [0.25, 0.3) is 0 Å². The molecule has 0 aromatic heterocycles. The van der Waals surface area contributed by atoms with Crippen molar-refractivity contribution in [3.63, 3.8) is 0 Å². The molecule has 86 valence electrons. The van der Waals surface area contributed by atoms with E-state index in [-0.39, 0.29) is 18.2 Å². The summed E-state index contributed by atoms with van der Waals surface area (Å²) in [5.41, 5.74) is 1.85. The summed E-state index contributed by atoms with van der Waals surface area (Å²) < 4.78 is 13.2. The molecule has 0 radical (unpaired) electrons. The van der Waals surface area contributed by atoms with E-state index in [0.29, 0.717) is 5.92 Å². The highest BCUT2D eigenvalue weighted by Crippen LogP contribution is 2.45. The van der Waals surface area contributed by atoms with Gasteiger partial charge in [-0.15, -0.1) is 0 Å². The van der Waals surface area contributed by atoms with Gasteiger partial charge in [0.25, 0.3) is 0 Å². The fourth-order valence-electron chi connectivity index (χ4n) is 2.23. The van der Waals surface area contributed by atoms with Crippen molar-refractivity contribution >= 4 is 5.97 Å². The second kappa shape index (κ2) is 4.24. The molecule has 1 aromatic carbocycles. The van der Waals surface area contributed by atoms with Gasteiger partial charge in [-0.2, -0.15) is 0 Å². The number of rotatable bonds is 4. The Hall–Kier alpha value is -1.38. The summed E-state index contributed by atoms with van der Waals surface area (Å²) in [6, 6.07) is 4.63. The highest BCUT2D eigenvalue weighted by molar-refractivity contribution is 5.68. The van der Waals surface area contributed by atoms with Crippen molar-refractivity contribution in [2.75, 3.05) is 0 Å². The highest BCUT2D eigenvalue weighted by Gasteiger charge is 2.34. The third kappa shape index (κ3) is 2.40. The number of halogens is 1. The first-order chi connectivity index (χ1) is 7.58. The standard InChI is InChI=1S/C13H15FO2/c1-8-2-5-10(14)6-11(8)12(7-13(15)16)9-3-4-9/h2,5-6,9,12H,3-4,7H2,1H3,(H,15,16). The maximum Gasteiger partial charge on any atom is 0.303 e. The molecule has 1 unspecified atom stereocenters. The van der Waals surface area contributed by atoms with Gasteiger partial charge in [-0.25, -0.2) is 4.39 Å². The normalized spacial score (nSPS) is 17.1. The number of benzene rings is 1. The summed E-state index contributed by atoms with van der Waals surface area (Å²) >= 11 is 0. The van der Waals surface area contributed by atoms with Gasteiger partial charge in [0.1, 0.15) is 5.82 Å². The number of carboxylic acid groups (broad SMARTS) is 1. The Morgan fingerprint density at radius 3 is 2.81 bits per heavy atom. The Morgan fingerprint density at radius 2 is 2.25 bits per heavy atom. The zero-order valence-corrected chi connectivity index (χ0v) is 9.24. The van der Waals surface area contributed by atoms with Gasteiger partial charge >= 0.3 is 5.97 Å². The molecular formula is C13H15FO2. The van der Waals surface area contributed by atoms with Gasteiger partial charge < -0.3 is 5.11 Å². The van der Waals surface area contributed by atoms with Gasteiger partial charge in [-0.1, -0.05) is 6.07 Å². The van der Waals surface area contributed by atoms with E-state index in [9.17, 15) is 9.18 Å². The molecule has 2 rings (SSSR count). The predicted molar refractivity (Wildman–Crippen MR) is 58.9 cm³/mol. The molecule has 1 atom stereocenters. The second-order valence-corrected chi connectivity index (χ2v) is 4.54. The molecular weight excluding hydrogens is 207 g/mol. The zero-order chi connectivity index (χ0) is 11.7. The molecule has 0 aliphatic heterocycles. The number of aryl methyl sites for hydroxylation is 1. The minimum atomic E-state index is -0.805.